The molecule has 8 nitrogen and oxygen atoms in total. The number of benzene rings is 2. The lowest BCUT2D eigenvalue weighted by Gasteiger charge is -2.16. The van der Waals surface area contributed by atoms with Crippen LogP contribution in [-0.4, -0.2) is 35.9 Å². The van der Waals surface area contributed by atoms with Crippen LogP contribution in [0, 0.1) is 18.6 Å². The highest BCUT2D eigenvalue weighted by Crippen LogP contribution is 2.35. The summed E-state index contributed by atoms with van der Waals surface area (Å²) in [5.41, 5.74) is 1.10. The van der Waals surface area contributed by atoms with Crippen LogP contribution in [0.2, 0.25) is 0 Å². The third-order valence-corrected chi connectivity index (χ3v) is 5.77. The Morgan fingerprint density at radius 3 is 2.56 bits per heavy atom. The molecular weight excluding hydrogens is 485 g/mol. The largest absolute Gasteiger partial charge is 0.573 e. The van der Waals surface area contributed by atoms with E-state index in [1.165, 1.54) is 23.1 Å². The molecule has 0 aliphatic carbocycles. The van der Waals surface area contributed by atoms with Crippen LogP contribution in [0.5, 0.6) is 5.75 Å². The van der Waals surface area contributed by atoms with Gasteiger partial charge in [-0.3, -0.25) is 0 Å². The van der Waals surface area contributed by atoms with E-state index in [1.54, 1.807) is 23.7 Å². The topological polar surface area (TPSA) is 82.7 Å². The minimum Gasteiger partial charge on any atom is -0.403 e. The monoisotopic (exact) mass is 505 g/mol. The zero-order chi connectivity index (χ0) is 25.4. The van der Waals surface area contributed by atoms with Crippen molar-refractivity contribution in [2.24, 2.45) is 0 Å². The Labute approximate surface area is 201 Å². The molecule has 3 heterocycles. The number of aryl methyl sites for hydroxylation is 2. The van der Waals surface area contributed by atoms with Gasteiger partial charge in [-0.05, 0) is 55.7 Å². The van der Waals surface area contributed by atoms with Crippen LogP contribution in [0.1, 0.15) is 42.4 Å². The summed E-state index contributed by atoms with van der Waals surface area (Å²) in [4.78, 5) is 8.54. The number of anilines is 2. The molecule has 0 saturated carbocycles. The summed E-state index contributed by atoms with van der Waals surface area (Å²) in [7, 11) is 0. The molecule has 2 aromatic heterocycles. The predicted octanol–water partition coefficient (Wildman–Crippen LogP) is 5.40. The molecule has 2 aromatic carbocycles. The maximum Gasteiger partial charge on any atom is 0.573 e. The maximum atomic E-state index is 14.7. The summed E-state index contributed by atoms with van der Waals surface area (Å²) in [5, 5.41) is 11.5. The highest BCUT2D eigenvalue weighted by atomic mass is 19.4. The third kappa shape index (κ3) is 4.99. The van der Waals surface area contributed by atoms with E-state index in [0.29, 0.717) is 35.9 Å². The number of rotatable bonds is 5. The first-order chi connectivity index (χ1) is 17.2. The standard InChI is InChI=1S/C23H20F5N7O/c1-13-29-12-35(32-13)19-7-6-15(11-17(19)24)30-22-31-21-16(4-2-3-9-34(21)33-22)14-5-8-20(18(25)10-14)36-23(26,27)28/h5-8,10-12,16H,2-4,9H2,1H3,(H,30,33)/t16-/m1/s1. The Bertz CT molecular complexity index is 1400. The predicted molar refractivity (Wildman–Crippen MR) is 118 cm³/mol. The van der Waals surface area contributed by atoms with Gasteiger partial charge >= 0.3 is 6.36 Å². The Kier molecular flexibility index (Phi) is 6.06. The number of ether oxygens (including phenoxy) is 1. The molecule has 0 saturated heterocycles. The van der Waals surface area contributed by atoms with Crippen molar-refractivity contribution in [3.8, 4) is 11.4 Å². The third-order valence-electron chi connectivity index (χ3n) is 5.77. The van der Waals surface area contributed by atoms with E-state index >= 15 is 0 Å². The van der Waals surface area contributed by atoms with Crippen molar-refractivity contribution in [2.45, 2.75) is 45.0 Å². The Morgan fingerprint density at radius 1 is 1.03 bits per heavy atom. The molecule has 0 bridgehead atoms. The second-order valence-corrected chi connectivity index (χ2v) is 8.33. The van der Waals surface area contributed by atoms with Gasteiger partial charge in [-0.1, -0.05) is 12.5 Å². The van der Waals surface area contributed by atoms with Crippen LogP contribution in [0.25, 0.3) is 5.69 Å². The summed E-state index contributed by atoms with van der Waals surface area (Å²) in [6.45, 7) is 2.27. The summed E-state index contributed by atoms with van der Waals surface area (Å²) in [6.07, 6.45) is -1.37. The number of nitrogens with zero attached hydrogens (tertiary/aromatic N) is 6. The lowest BCUT2D eigenvalue weighted by molar-refractivity contribution is -0.275. The number of nitrogens with one attached hydrogen (secondary N) is 1. The lowest BCUT2D eigenvalue weighted by Crippen LogP contribution is -2.18. The fraction of sp³-hybridized carbons (Fsp3) is 0.304. The summed E-state index contributed by atoms with van der Waals surface area (Å²) >= 11 is 0. The average molecular weight is 505 g/mol. The fourth-order valence-corrected chi connectivity index (χ4v) is 4.19. The number of hydrogen-bond acceptors (Lipinski definition) is 6. The lowest BCUT2D eigenvalue weighted by atomic mass is 9.93. The van der Waals surface area contributed by atoms with Crippen LogP contribution in [0.3, 0.4) is 0 Å². The highest BCUT2D eigenvalue weighted by Gasteiger charge is 2.33. The summed E-state index contributed by atoms with van der Waals surface area (Å²) in [6, 6.07) is 7.86. The van der Waals surface area contributed by atoms with Crippen LogP contribution in [0.15, 0.2) is 42.7 Å². The van der Waals surface area contributed by atoms with Crippen molar-refractivity contribution in [1.82, 2.24) is 29.5 Å². The quantitative estimate of drug-likeness (QED) is 0.366. The van der Waals surface area contributed by atoms with Gasteiger partial charge in [0.2, 0.25) is 5.95 Å². The van der Waals surface area contributed by atoms with Crippen molar-refractivity contribution in [1.29, 1.82) is 0 Å². The number of halogens is 5. The Morgan fingerprint density at radius 2 is 1.86 bits per heavy atom. The van der Waals surface area contributed by atoms with Crippen molar-refractivity contribution >= 4 is 11.6 Å². The molecule has 1 atom stereocenters. The number of aromatic nitrogens is 6. The molecular formula is C23H20F5N7O. The highest BCUT2D eigenvalue weighted by molar-refractivity contribution is 5.56. The van der Waals surface area contributed by atoms with E-state index in [2.05, 4.69) is 30.2 Å². The molecule has 5 rings (SSSR count). The van der Waals surface area contributed by atoms with Gasteiger partial charge < -0.3 is 10.1 Å². The van der Waals surface area contributed by atoms with Crippen molar-refractivity contribution in [3.05, 3.63) is 71.6 Å². The average Bonchev–Trinajstić information content (AvgIpc) is 3.35. The second-order valence-electron chi connectivity index (χ2n) is 8.33. The van der Waals surface area contributed by atoms with Crippen LogP contribution in [-0.2, 0) is 6.54 Å². The van der Waals surface area contributed by atoms with Crippen LogP contribution < -0.4 is 10.1 Å². The maximum absolute atomic E-state index is 14.7. The van der Waals surface area contributed by atoms with Crippen molar-refractivity contribution < 1.29 is 26.7 Å². The zero-order valence-electron chi connectivity index (χ0n) is 18.9. The molecule has 1 N–H and O–H groups in total. The SMILES string of the molecule is Cc1ncn(-c2ccc(Nc3nc4n(n3)CCCC[C@@H]4c3ccc(OC(F)(F)F)c(F)c3)cc2F)n1. The van der Waals surface area contributed by atoms with E-state index in [-0.39, 0.29) is 17.6 Å². The van der Waals surface area contributed by atoms with Gasteiger partial charge in [0.1, 0.15) is 23.7 Å². The Hall–Kier alpha value is -4.03. The van der Waals surface area contributed by atoms with Gasteiger partial charge in [-0.25, -0.2) is 23.1 Å². The van der Waals surface area contributed by atoms with Gasteiger partial charge in [-0.15, -0.1) is 18.3 Å². The fourth-order valence-electron chi connectivity index (χ4n) is 4.19. The minimum absolute atomic E-state index is 0.221. The van der Waals surface area contributed by atoms with E-state index in [0.717, 1.165) is 25.0 Å². The minimum atomic E-state index is -4.99. The summed E-state index contributed by atoms with van der Waals surface area (Å²) in [5.74, 6) is -1.66. The molecule has 188 valence electrons. The first-order valence-corrected chi connectivity index (χ1v) is 11.1. The smallest absolute Gasteiger partial charge is 0.403 e. The van der Waals surface area contributed by atoms with E-state index in [1.807, 2.05) is 0 Å². The van der Waals surface area contributed by atoms with Gasteiger partial charge in [0, 0.05) is 18.2 Å². The molecule has 0 radical (unpaired) electrons. The van der Waals surface area contributed by atoms with Crippen LogP contribution in [0.4, 0.5) is 33.6 Å². The molecule has 4 aromatic rings. The molecule has 0 unspecified atom stereocenters. The molecule has 0 fully saturated rings. The van der Waals surface area contributed by atoms with E-state index in [4.69, 9.17) is 0 Å². The second kappa shape index (κ2) is 9.21. The molecule has 0 spiro atoms. The van der Waals surface area contributed by atoms with E-state index in [9.17, 15) is 22.0 Å². The molecule has 1 aliphatic heterocycles. The van der Waals surface area contributed by atoms with Crippen LogP contribution >= 0.6 is 0 Å². The number of alkyl halides is 3. The molecule has 0 amide bonds. The normalized spacial score (nSPS) is 15.9. The number of hydrogen-bond donors (Lipinski definition) is 1. The van der Waals surface area contributed by atoms with Gasteiger partial charge in [0.15, 0.2) is 17.4 Å². The van der Waals surface area contributed by atoms with Crippen molar-refractivity contribution in [3.63, 3.8) is 0 Å². The molecule has 13 heteroatoms. The van der Waals surface area contributed by atoms with Gasteiger partial charge in [0.05, 0.1) is 0 Å². The van der Waals surface area contributed by atoms with E-state index < -0.39 is 23.7 Å². The molecule has 1 aliphatic rings. The first kappa shape index (κ1) is 23.7. The Balaban J connectivity index is 1.40. The molecule has 36 heavy (non-hydrogen) atoms. The number of fused-ring (bicyclic) bond motifs is 1. The van der Waals surface area contributed by atoms with Crippen molar-refractivity contribution in [2.75, 3.05) is 5.32 Å². The van der Waals surface area contributed by atoms with Gasteiger partial charge in [-0.2, -0.15) is 10.1 Å². The zero-order valence-corrected chi connectivity index (χ0v) is 18.9. The first-order valence-electron chi connectivity index (χ1n) is 11.1. The van der Waals surface area contributed by atoms with Gasteiger partial charge in [0.25, 0.3) is 0 Å². The summed E-state index contributed by atoms with van der Waals surface area (Å²) < 4.78 is 73.3.